The number of furan rings is 2. The highest BCUT2D eigenvalue weighted by Crippen LogP contribution is 2.29. The fourth-order valence-corrected chi connectivity index (χ4v) is 4.86. The molecule has 6 rings (SSSR count). The Morgan fingerprint density at radius 3 is 1.82 bits per heavy atom. The van der Waals surface area contributed by atoms with Gasteiger partial charge in [-0.1, -0.05) is 30.3 Å². The zero-order chi connectivity index (χ0) is 27.7. The van der Waals surface area contributed by atoms with E-state index >= 15 is 0 Å². The maximum Gasteiger partial charge on any atom is 0.228 e. The summed E-state index contributed by atoms with van der Waals surface area (Å²) in [7, 11) is 0. The minimum absolute atomic E-state index is 0.0408. The van der Waals surface area contributed by atoms with E-state index < -0.39 is 29.1 Å². The van der Waals surface area contributed by atoms with Gasteiger partial charge >= 0.3 is 0 Å². The molecule has 0 atom stereocenters. The molecule has 39 heavy (non-hydrogen) atoms. The Morgan fingerprint density at radius 2 is 1.23 bits per heavy atom. The van der Waals surface area contributed by atoms with Crippen molar-refractivity contribution in [3.05, 3.63) is 140 Å². The number of para-hydroxylation sites is 2. The van der Waals surface area contributed by atoms with E-state index in [0.29, 0.717) is 23.3 Å². The van der Waals surface area contributed by atoms with Crippen LogP contribution in [0.1, 0.15) is 27.4 Å². The number of hydrogen-bond donors (Lipinski definition) is 0. The van der Waals surface area contributed by atoms with Gasteiger partial charge < -0.3 is 8.83 Å². The van der Waals surface area contributed by atoms with Gasteiger partial charge in [-0.05, 0) is 92.0 Å². The minimum atomic E-state index is -1.06. The van der Waals surface area contributed by atoms with Crippen LogP contribution < -0.4 is 0 Å². The molecule has 9 heteroatoms. The van der Waals surface area contributed by atoms with Gasteiger partial charge in [0.1, 0.15) is 16.9 Å². The van der Waals surface area contributed by atoms with Crippen LogP contribution >= 0.6 is 31.9 Å². The average Bonchev–Trinajstić information content (AvgIpc) is 3.54. The number of hydrogen-bond acceptors (Lipinski definition) is 3. The zero-order valence-corrected chi connectivity index (χ0v) is 23.0. The standard InChI is InChI=1S/C15H7BrF2O2.C15H9BrF2O/c16-10-3-1-2-9-7-13(20-15(9)10)14(19)8-4-5-11(17)12(18)6-8;16-12-3-1-2-10-8-11(19-15(10)12)6-9-4-5-13(17)14(18)7-9/h1-7H;1-5,7-8H,6H2. The lowest BCUT2D eigenvalue weighted by Crippen LogP contribution is -2.00. The first kappa shape index (κ1) is 26.9. The molecular formula is C30H16Br2F4O3. The quantitative estimate of drug-likeness (QED) is 0.140. The summed E-state index contributed by atoms with van der Waals surface area (Å²) >= 11 is 6.74. The lowest BCUT2D eigenvalue weighted by molar-refractivity contribution is 0.101. The summed E-state index contributed by atoms with van der Waals surface area (Å²) in [5.41, 5.74) is 2.02. The average molecular weight is 660 g/mol. The molecule has 0 N–H and O–H groups in total. The van der Waals surface area contributed by atoms with Crippen molar-refractivity contribution in [2.24, 2.45) is 0 Å². The monoisotopic (exact) mass is 658 g/mol. The molecule has 4 aromatic carbocycles. The molecule has 0 aliphatic rings. The second kappa shape index (κ2) is 11.2. The van der Waals surface area contributed by atoms with Gasteiger partial charge in [-0.3, -0.25) is 4.79 Å². The molecule has 0 aliphatic heterocycles. The summed E-state index contributed by atoms with van der Waals surface area (Å²) in [5, 5.41) is 1.73. The number of halogens is 6. The van der Waals surface area contributed by atoms with E-state index in [1.165, 1.54) is 12.1 Å². The number of rotatable bonds is 4. The Kier molecular flexibility index (Phi) is 7.72. The van der Waals surface area contributed by atoms with E-state index in [-0.39, 0.29) is 11.3 Å². The third-order valence-electron chi connectivity index (χ3n) is 5.81. The topological polar surface area (TPSA) is 43.4 Å². The first-order chi connectivity index (χ1) is 18.7. The fourth-order valence-electron chi connectivity index (χ4n) is 3.94. The van der Waals surface area contributed by atoms with Crippen molar-refractivity contribution in [1.29, 1.82) is 0 Å². The first-order valence-corrected chi connectivity index (χ1v) is 13.1. The van der Waals surface area contributed by atoms with Crippen molar-refractivity contribution >= 4 is 59.6 Å². The molecule has 0 fully saturated rings. The van der Waals surface area contributed by atoms with Gasteiger partial charge in [-0.2, -0.15) is 0 Å². The van der Waals surface area contributed by atoms with Gasteiger partial charge in [0.2, 0.25) is 5.78 Å². The molecule has 0 aliphatic carbocycles. The Balaban J connectivity index is 0.000000158. The number of carbonyl (C=O) groups excluding carboxylic acids is 1. The van der Waals surface area contributed by atoms with E-state index in [0.717, 1.165) is 43.5 Å². The maximum atomic E-state index is 13.2. The minimum Gasteiger partial charge on any atom is -0.460 e. The Hall–Kier alpha value is -3.69. The summed E-state index contributed by atoms with van der Waals surface area (Å²) in [6.07, 6.45) is 0.429. The van der Waals surface area contributed by atoms with E-state index in [1.807, 2.05) is 30.3 Å². The summed E-state index contributed by atoms with van der Waals surface area (Å²) < 4.78 is 64.8. The molecule has 0 saturated carbocycles. The second-order valence-corrected chi connectivity index (χ2v) is 10.2. The molecule has 0 amide bonds. The summed E-state index contributed by atoms with van der Waals surface area (Å²) in [6, 6.07) is 21.5. The van der Waals surface area contributed by atoms with Crippen LogP contribution in [0.25, 0.3) is 21.9 Å². The zero-order valence-electron chi connectivity index (χ0n) is 19.8. The van der Waals surface area contributed by atoms with Crippen LogP contribution in [-0.4, -0.2) is 5.78 Å². The number of fused-ring (bicyclic) bond motifs is 2. The van der Waals surface area contributed by atoms with Gasteiger partial charge in [0, 0.05) is 22.8 Å². The van der Waals surface area contributed by atoms with E-state index in [9.17, 15) is 22.4 Å². The van der Waals surface area contributed by atoms with Gasteiger partial charge in [0.05, 0.1) is 8.95 Å². The van der Waals surface area contributed by atoms with Crippen LogP contribution in [0.2, 0.25) is 0 Å². The molecule has 196 valence electrons. The SMILES string of the molecule is Fc1ccc(Cc2cc3cccc(Br)c3o2)cc1F.O=C(c1ccc(F)c(F)c1)c1cc2cccc(Br)c2o1. The van der Waals surface area contributed by atoms with Crippen LogP contribution in [0.3, 0.4) is 0 Å². The van der Waals surface area contributed by atoms with Gasteiger partial charge in [0.15, 0.2) is 29.0 Å². The van der Waals surface area contributed by atoms with Crippen molar-refractivity contribution in [2.75, 3.05) is 0 Å². The second-order valence-electron chi connectivity index (χ2n) is 8.52. The highest BCUT2D eigenvalue weighted by Gasteiger charge is 2.17. The molecule has 2 aromatic heterocycles. The lowest BCUT2D eigenvalue weighted by atomic mass is 10.1. The molecular weight excluding hydrogens is 644 g/mol. The summed E-state index contributed by atoms with van der Waals surface area (Å²) in [4.78, 5) is 12.2. The third-order valence-corrected chi connectivity index (χ3v) is 7.06. The Bertz CT molecular complexity index is 1840. The van der Waals surface area contributed by atoms with E-state index in [4.69, 9.17) is 8.83 Å². The smallest absolute Gasteiger partial charge is 0.228 e. The largest absolute Gasteiger partial charge is 0.460 e. The summed E-state index contributed by atoms with van der Waals surface area (Å²) in [6.45, 7) is 0. The highest BCUT2D eigenvalue weighted by atomic mass is 79.9. The van der Waals surface area contributed by atoms with Gasteiger partial charge in [-0.25, -0.2) is 17.6 Å². The van der Waals surface area contributed by atoms with Crippen molar-refractivity contribution < 1.29 is 31.2 Å². The molecule has 0 bridgehead atoms. The molecule has 2 heterocycles. The molecule has 0 spiro atoms. The maximum absolute atomic E-state index is 13.2. The van der Waals surface area contributed by atoms with Crippen molar-refractivity contribution in [3.63, 3.8) is 0 Å². The van der Waals surface area contributed by atoms with Crippen molar-refractivity contribution in [2.45, 2.75) is 6.42 Å². The third kappa shape index (κ3) is 5.84. The van der Waals surface area contributed by atoms with Gasteiger partial charge in [-0.15, -0.1) is 0 Å². The predicted octanol–water partition coefficient (Wildman–Crippen LogP) is 9.77. The Morgan fingerprint density at radius 1 is 0.641 bits per heavy atom. The normalized spacial score (nSPS) is 11.0. The molecule has 3 nitrogen and oxygen atoms in total. The first-order valence-electron chi connectivity index (χ1n) is 11.5. The number of ketones is 1. The molecule has 6 aromatic rings. The van der Waals surface area contributed by atoms with Crippen LogP contribution in [0.4, 0.5) is 17.6 Å². The lowest BCUT2D eigenvalue weighted by Gasteiger charge is -1.99. The highest BCUT2D eigenvalue weighted by molar-refractivity contribution is 9.11. The predicted molar refractivity (Wildman–Crippen MR) is 147 cm³/mol. The molecule has 0 radical (unpaired) electrons. The fraction of sp³-hybridized carbons (Fsp3) is 0.0333. The van der Waals surface area contributed by atoms with Crippen LogP contribution in [0.5, 0.6) is 0 Å². The number of benzene rings is 4. The van der Waals surface area contributed by atoms with Gasteiger partial charge in [0.25, 0.3) is 0 Å². The van der Waals surface area contributed by atoms with Crippen LogP contribution in [0.15, 0.2) is 103 Å². The summed E-state index contributed by atoms with van der Waals surface area (Å²) in [5.74, 6) is -3.43. The van der Waals surface area contributed by atoms with Crippen LogP contribution in [-0.2, 0) is 6.42 Å². The number of carbonyl (C=O) groups is 1. The van der Waals surface area contributed by atoms with Crippen LogP contribution in [0, 0.1) is 23.3 Å². The molecule has 0 unspecified atom stereocenters. The van der Waals surface area contributed by atoms with E-state index in [2.05, 4.69) is 31.9 Å². The molecule has 0 saturated heterocycles. The van der Waals surface area contributed by atoms with Crippen molar-refractivity contribution in [1.82, 2.24) is 0 Å². The van der Waals surface area contributed by atoms with E-state index in [1.54, 1.807) is 24.3 Å². The van der Waals surface area contributed by atoms with Crippen molar-refractivity contribution in [3.8, 4) is 0 Å². The Labute approximate surface area is 236 Å².